The molecule has 4 rings (SSSR count). The minimum absolute atomic E-state index is 0.0158. The van der Waals surface area contributed by atoms with Crippen molar-refractivity contribution >= 4 is 5.91 Å². The number of amides is 1. The molecule has 1 aromatic carbocycles. The Morgan fingerprint density at radius 1 is 1.19 bits per heavy atom. The van der Waals surface area contributed by atoms with Crippen LogP contribution < -0.4 is 0 Å². The first-order chi connectivity index (χ1) is 12.7. The fourth-order valence-electron chi connectivity index (χ4n) is 3.59. The second-order valence-electron chi connectivity index (χ2n) is 6.88. The molecule has 0 unspecified atom stereocenters. The zero-order chi connectivity index (χ0) is 17.9. The number of nitrogens with zero attached hydrogens (tertiary/aromatic N) is 3. The summed E-state index contributed by atoms with van der Waals surface area (Å²) >= 11 is 0. The van der Waals surface area contributed by atoms with Gasteiger partial charge in [0.25, 0.3) is 5.91 Å². The van der Waals surface area contributed by atoms with E-state index in [-0.39, 0.29) is 11.8 Å². The van der Waals surface area contributed by atoms with Crippen LogP contribution >= 0.6 is 0 Å². The topological polar surface area (TPSA) is 61.9 Å². The Kier molecular flexibility index (Phi) is 4.52. The maximum atomic E-state index is 12.6. The first kappa shape index (κ1) is 16.5. The summed E-state index contributed by atoms with van der Waals surface area (Å²) in [6.07, 6.45) is 3.65. The smallest absolute Gasteiger partial charge is 0.271 e. The first-order valence-corrected chi connectivity index (χ1v) is 9.03. The van der Waals surface area contributed by atoms with Crippen LogP contribution in [0.2, 0.25) is 0 Å². The molecule has 1 atom stereocenters. The molecule has 1 fully saturated rings. The number of piperidine rings is 1. The van der Waals surface area contributed by atoms with Crippen molar-refractivity contribution in [2.45, 2.75) is 25.7 Å². The van der Waals surface area contributed by atoms with E-state index in [9.17, 15) is 4.79 Å². The molecule has 0 saturated carbocycles. The Morgan fingerprint density at radius 3 is 2.88 bits per heavy atom. The van der Waals surface area contributed by atoms with Crippen LogP contribution in [-0.4, -0.2) is 39.1 Å². The van der Waals surface area contributed by atoms with Gasteiger partial charge in [-0.1, -0.05) is 29.8 Å². The van der Waals surface area contributed by atoms with Crippen molar-refractivity contribution in [2.75, 3.05) is 13.1 Å². The number of benzene rings is 1. The first-order valence-electron chi connectivity index (χ1n) is 9.03. The van der Waals surface area contributed by atoms with Crippen molar-refractivity contribution in [3.8, 4) is 11.3 Å². The van der Waals surface area contributed by atoms with E-state index in [0.717, 1.165) is 36.3 Å². The van der Waals surface area contributed by atoms with Gasteiger partial charge < -0.3 is 4.90 Å². The maximum absolute atomic E-state index is 12.6. The van der Waals surface area contributed by atoms with Crippen molar-refractivity contribution in [1.82, 2.24) is 20.1 Å². The van der Waals surface area contributed by atoms with Gasteiger partial charge in [-0.2, -0.15) is 5.10 Å². The third kappa shape index (κ3) is 3.38. The van der Waals surface area contributed by atoms with Crippen molar-refractivity contribution in [3.63, 3.8) is 0 Å². The van der Waals surface area contributed by atoms with Crippen LogP contribution in [0.4, 0.5) is 0 Å². The number of nitrogens with one attached hydrogen (secondary N) is 1. The van der Waals surface area contributed by atoms with Crippen LogP contribution in [0.5, 0.6) is 0 Å². The molecule has 1 aliphatic rings. The van der Waals surface area contributed by atoms with Gasteiger partial charge >= 0.3 is 0 Å². The van der Waals surface area contributed by atoms with Gasteiger partial charge in [0.05, 0.1) is 5.69 Å². The highest BCUT2D eigenvalue weighted by Crippen LogP contribution is 2.28. The van der Waals surface area contributed by atoms with Gasteiger partial charge in [0.15, 0.2) is 0 Å². The SMILES string of the molecule is Cc1cccc(-c2cccc([C@H]3CCCN(C(=O)c4ccn[nH]4)C3)n2)c1. The summed E-state index contributed by atoms with van der Waals surface area (Å²) in [6.45, 7) is 3.57. The van der Waals surface area contributed by atoms with Gasteiger partial charge in [0, 0.05) is 36.5 Å². The van der Waals surface area contributed by atoms with Gasteiger partial charge in [-0.15, -0.1) is 0 Å². The fourth-order valence-corrected chi connectivity index (χ4v) is 3.59. The lowest BCUT2D eigenvalue weighted by Gasteiger charge is -2.32. The van der Waals surface area contributed by atoms with E-state index >= 15 is 0 Å². The number of pyridine rings is 1. The number of carbonyl (C=O) groups excluding carboxylic acids is 1. The number of rotatable bonds is 3. The summed E-state index contributed by atoms with van der Waals surface area (Å²) < 4.78 is 0. The monoisotopic (exact) mass is 346 g/mol. The van der Waals surface area contributed by atoms with E-state index in [1.807, 2.05) is 4.90 Å². The van der Waals surface area contributed by atoms with E-state index < -0.39 is 0 Å². The highest BCUT2D eigenvalue weighted by atomic mass is 16.2. The van der Waals surface area contributed by atoms with Crippen molar-refractivity contribution < 1.29 is 4.79 Å². The quantitative estimate of drug-likeness (QED) is 0.785. The van der Waals surface area contributed by atoms with E-state index in [2.05, 4.69) is 59.6 Å². The molecule has 5 heteroatoms. The molecule has 132 valence electrons. The third-order valence-corrected chi connectivity index (χ3v) is 4.94. The van der Waals surface area contributed by atoms with Gasteiger partial charge in [-0.3, -0.25) is 14.9 Å². The molecule has 3 heterocycles. The van der Waals surface area contributed by atoms with Crippen LogP contribution in [0.25, 0.3) is 11.3 Å². The standard InChI is InChI=1S/C21H22N4O/c1-15-5-2-6-16(13-15)18-8-3-9-19(23-18)17-7-4-12-25(14-17)21(26)20-10-11-22-24-20/h2-3,5-6,8-11,13,17H,4,7,12,14H2,1H3,(H,22,24)/t17-/m0/s1. The fraction of sp³-hybridized carbons (Fsp3) is 0.286. The summed E-state index contributed by atoms with van der Waals surface area (Å²) in [4.78, 5) is 19.4. The zero-order valence-corrected chi connectivity index (χ0v) is 14.9. The summed E-state index contributed by atoms with van der Waals surface area (Å²) in [5.74, 6) is 0.280. The molecule has 1 saturated heterocycles. The van der Waals surface area contributed by atoms with Gasteiger partial charge in [0.2, 0.25) is 0 Å². The molecule has 2 aromatic heterocycles. The van der Waals surface area contributed by atoms with Gasteiger partial charge in [-0.05, 0) is 44.0 Å². The summed E-state index contributed by atoms with van der Waals surface area (Å²) in [5.41, 5.74) is 4.96. The molecule has 1 amide bonds. The number of carbonyl (C=O) groups is 1. The average molecular weight is 346 g/mol. The molecule has 1 N–H and O–H groups in total. The Morgan fingerprint density at radius 2 is 2.08 bits per heavy atom. The molecule has 0 aliphatic carbocycles. The Bertz CT molecular complexity index is 904. The second-order valence-corrected chi connectivity index (χ2v) is 6.88. The van der Waals surface area contributed by atoms with Crippen molar-refractivity contribution in [3.05, 3.63) is 71.7 Å². The molecule has 0 spiro atoms. The molecule has 0 bridgehead atoms. The van der Waals surface area contributed by atoms with Crippen molar-refractivity contribution in [2.24, 2.45) is 0 Å². The molecule has 0 radical (unpaired) electrons. The second kappa shape index (κ2) is 7.12. The van der Waals surface area contributed by atoms with Gasteiger partial charge in [-0.25, -0.2) is 0 Å². The predicted octanol–water partition coefficient (Wildman–Crippen LogP) is 3.80. The number of H-pyrrole nitrogens is 1. The molecule has 3 aromatic rings. The van der Waals surface area contributed by atoms with Crippen LogP contribution in [0.1, 0.15) is 40.5 Å². The number of aromatic amines is 1. The summed E-state index contributed by atoms with van der Waals surface area (Å²) in [5, 5.41) is 6.65. The van der Waals surface area contributed by atoms with Gasteiger partial charge in [0.1, 0.15) is 5.69 Å². The van der Waals surface area contributed by atoms with E-state index in [0.29, 0.717) is 12.2 Å². The number of hydrogen-bond acceptors (Lipinski definition) is 3. The number of aromatic nitrogens is 3. The molecule has 1 aliphatic heterocycles. The predicted molar refractivity (Wildman–Crippen MR) is 101 cm³/mol. The van der Waals surface area contributed by atoms with E-state index in [1.54, 1.807) is 12.3 Å². The minimum Gasteiger partial charge on any atom is -0.337 e. The molecular weight excluding hydrogens is 324 g/mol. The van der Waals surface area contributed by atoms with E-state index in [4.69, 9.17) is 4.98 Å². The number of hydrogen-bond donors (Lipinski definition) is 1. The van der Waals surface area contributed by atoms with Crippen LogP contribution in [-0.2, 0) is 0 Å². The summed E-state index contributed by atoms with van der Waals surface area (Å²) in [6, 6.07) is 16.3. The highest BCUT2D eigenvalue weighted by molar-refractivity contribution is 5.92. The lowest BCUT2D eigenvalue weighted by Crippen LogP contribution is -2.39. The largest absolute Gasteiger partial charge is 0.337 e. The van der Waals surface area contributed by atoms with Crippen LogP contribution in [0.15, 0.2) is 54.7 Å². The molecule has 5 nitrogen and oxygen atoms in total. The Labute approximate surface area is 153 Å². The Balaban J connectivity index is 1.55. The highest BCUT2D eigenvalue weighted by Gasteiger charge is 2.27. The average Bonchev–Trinajstić information content (AvgIpc) is 3.22. The summed E-state index contributed by atoms with van der Waals surface area (Å²) in [7, 11) is 0. The lowest BCUT2D eigenvalue weighted by atomic mass is 9.93. The number of likely N-dealkylation sites (tertiary alicyclic amines) is 1. The Hall–Kier alpha value is -2.95. The van der Waals surface area contributed by atoms with Crippen LogP contribution in [0.3, 0.4) is 0 Å². The van der Waals surface area contributed by atoms with Crippen LogP contribution in [0, 0.1) is 6.92 Å². The normalized spacial score (nSPS) is 17.3. The molecule has 26 heavy (non-hydrogen) atoms. The maximum Gasteiger partial charge on any atom is 0.271 e. The van der Waals surface area contributed by atoms with E-state index in [1.165, 1.54) is 5.56 Å². The molecular formula is C21H22N4O. The van der Waals surface area contributed by atoms with Crippen molar-refractivity contribution in [1.29, 1.82) is 0 Å². The number of aryl methyl sites for hydroxylation is 1. The lowest BCUT2D eigenvalue weighted by molar-refractivity contribution is 0.0700. The zero-order valence-electron chi connectivity index (χ0n) is 14.9. The third-order valence-electron chi connectivity index (χ3n) is 4.94. The minimum atomic E-state index is 0.0158.